The number of hydrogen-bond donors (Lipinski definition) is 1. The van der Waals surface area contributed by atoms with Gasteiger partial charge in [-0.05, 0) is 31.4 Å². The molecule has 1 heterocycles. The molecule has 3 heteroatoms. The van der Waals surface area contributed by atoms with E-state index in [1.807, 2.05) is 17.0 Å². The summed E-state index contributed by atoms with van der Waals surface area (Å²) in [6, 6.07) is 6.23. The molecule has 1 aliphatic heterocycles. The first-order chi connectivity index (χ1) is 7.16. The minimum atomic E-state index is -0.761. The molecule has 0 aliphatic carbocycles. The molecule has 1 N–H and O–H groups in total. The predicted octanol–water partition coefficient (Wildman–Crippen LogP) is 1.83. The molecule has 0 spiro atoms. The van der Waals surface area contributed by atoms with E-state index in [2.05, 4.69) is 13.0 Å². The van der Waals surface area contributed by atoms with E-state index in [9.17, 15) is 4.79 Å². The number of carboxylic acid groups (broad SMARTS) is 1. The quantitative estimate of drug-likeness (QED) is 0.800. The molecule has 0 saturated heterocycles. The summed E-state index contributed by atoms with van der Waals surface area (Å²) in [6.45, 7) is 3.02. The van der Waals surface area contributed by atoms with E-state index >= 15 is 0 Å². The van der Waals surface area contributed by atoms with Crippen molar-refractivity contribution in [2.45, 2.75) is 19.8 Å². The van der Waals surface area contributed by atoms with Gasteiger partial charge >= 0.3 is 5.97 Å². The number of rotatable bonds is 2. The smallest absolute Gasteiger partial charge is 0.323 e. The third-order valence-electron chi connectivity index (χ3n) is 2.78. The van der Waals surface area contributed by atoms with E-state index in [0.717, 1.165) is 25.1 Å². The van der Waals surface area contributed by atoms with Crippen LogP contribution in [0, 0.1) is 6.92 Å². The zero-order valence-corrected chi connectivity index (χ0v) is 8.86. The Morgan fingerprint density at radius 2 is 2.33 bits per heavy atom. The Labute approximate surface area is 89.3 Å². The van der Waals surface area contributed by atoms with Gasteiger partial charge in [0.25, 0.3) is 0 Å². The number of carbonyl (C=O) groups is 1. The highest BCUT2D eigenvalue weighted by Crippen LogP contribution is 2.27. The van der Waals surface area contributed by atoms with Crippen LogP contribution in [-0.2, 0) is 11.2 Å². The van der Waals surface area contributed by atoms with Crippen molar-refractivity contribution in [3.63, 3.8) is 0 Å². The molecule has 0 amide bonds. The Balaban J connectivity index is 2.30. The van der Waals surface area contributed by atoms with E-state index in [1.165, 1.54) is 11.1 Å². The lowest BCUT2D eigenvalue weighted by Crippen LogP contribution is -2.34. The standard InChI is InChI=1S/C12H15NO2/c1-9-4-5-11-10(7-9)3-2-6-13(11)8-12(14)15/h4-5,7H,2-3,6,8H2,1H3,(H,14,15). The Morgan fingerprint density at radius 3 is 3.07 bits per heavy atom. The Morgan fingerprint density at radius 1 is 1.53 bits per heavy atom. The van der Waals surface area contributed by atoms with Crippen LogP contribution in [0.15, 0.2) is 18.2 Å². The fourth-order valence-electron chi connectivity index (χ4n) is 2.13. The van der Waals surface area contributed by atoms with Crippen LogP contribution < -0.4 is 4.90 Å². The summed E-state index contributed by atoms with van der Waals surface area (Å²) in [5, 5.41) is 8.80. The maximum atomic E-state index is 10.7. The van der Waals surface area contributed by atoms with Gasteiger partial charge in [-0.15, -0.1) is 0 Å². The number of fused-ring (bicyclic) bond motifs is 1. The third-order valence-corrected chi connectivity index (χ3v) is 2.78. The fraction of sp³-hybridized carbons (Fsp3) is 0.417. The van der Waals surface area contributed by atoms with Crippen molar-refractivity contribution in [3.8, 4) is 0 Å². The van der Waals surface area contributed by atoms with Crippen LogP contribution in [0.1, 0.15) is 17.5 Å². The topological polar surface area (TPSA) is 40.5 Å². The van der Waals surface area contributed by atoms with Crippen molar-refractivity contribution in [2.75, 3.05) is 18.0 Å². The monoisotopic (exact) mass is 205 g/mol. The summed E-state index contributed by atoms with van der Waals surface area (Å²) in [5.41, 5.74) is 3.61. The van der Waals surface area contributed by atoms with E-state index in [-0.39, 0.29) is 6.54 Å². The number of nitrogens with zero attached hydrogens (tertiary/aromatic N) is 1. The average molecular weight is 205 g/mol. The number of hydrogen-bond acceptors (Lipinski definition) is 2. The van der Waals surface area contributed by atoms with E-state index in [0.29, 0.717) is 0 Å². The van der Waals surface area contributed by atoms with Crippen LogP contribution in [0.25, 0.3) is 0 Å². The first-order valence-electron chi connectivity index (χ1n) is 5.23. The average Bonchev–Trinajstić information content (AvgIpc) is 2.16. The molecule has 0 bridgehead atoms. The molecule has 0 radical (unpaired) electrons. The van der Waals surface area contributed by atoms with Crippen molar-refractivity contribution in [3.05, 3.63) is 29.3 Å². The lowest BCUT2D eigenvalue weighted by Gasteiger charge is -2.30. The fourth-order valence-corrected chi connectivity index (χ4v) is 2.13. The van der Waals surface area contributed by atoms with Crippen LogP contribution >= 0.6 is 0 Å². The first kappa shape index (κ1) is 10.0. The maximum absolute atomic E-state index is 10.7. The van der Waals surface area contributed by atoms with Crippen molar-refractivity contribution in [1.82, 2.24) is 0 Å². The van der Waals surface area contributed by atoms with Crippen molar-refractivity contribution in [2.24, 2.45) is 0 Å². The molecular weight excluding hydrogens is 190 g/mol. The highest BCUT2D eigenvalue weighted by atomic mass is 16.4. The summed E-state index contributed by atoms with van der Waals surface area (Å²) in [4.78, 5) is 12.6. The second kappa shape index (κ2) is 3.93. The lowest BCUT2D eigenvalue weighted by molar-refractivity contribution is -0.135. The zero-order chi connectivity index (χ0) is 10.8. The van der Waals surface area contributed by atoms with Crippen LogP contribution in [0.3, 0.4) is 0 Å². The van der Waals surface area contributed by atoms with Gasteiger partial charge in [0.05, 0.1) is 0 Å². The molecule has 2 rings (SSSR count). The number of aliphatic carboxylic acids is 1. The molecule has 80 valence electrons. The van der Waals surface area contributed by atoms with Crippen molar-refractivity contribution in [1.29, 1.82) is 0 Å². The van der Waals surface area contributed by atoms with Crippen molar-refractivity contribution >= 4 is 11.7 Å². The number of carboxylic acids is 1. The summed E-state index contributed by atoms with van der Waals surface area (Å²) < 4.78 is 0. The molecule has 1 aromatic rings. The molecular formula is C12H15NO2. The molecule has 0 unspecified atom stereocenters. The van der Waals surface area contributed by atoms with Crippen LogP contribution in [0.2, 0.25) is 0 Å². The number of anilines is 1. The highest BCUT2D eigenvalue weighted by molar-refractivity contribution is 5.74. The molecule has 1 aliphatic rings. The van der Waals surface area contributed by atoms with Gasteiger partial charge in [0.15, 0.2) is 0 Å². The van der Waals surface area contributed by atoms with Gasteiger partial charge in [-0.2, -0.15) is 0 Å². The molecule has 3 nitrogen and oxygen atoms in total. The molecule has 0 fully saturated rings. The minimum Gasteiger partial charge on any atom is -0.480 e. The predicted molar refractivity (Wildman–Crippen MR) is 59.3 cm³/mol. The molecule has 0 aromatic heterocycles. The van der Waals surface area contributed by atoms with Crippen molar-refractivity contribution < 1.29 is 9.90 Å². The maximum Gasteiger partial charge on any atom is 0.323 e. The lowest BCUT2D eigenvalue weighted by atomic mass is 10.00. The second-order valence-electron chi connectivity index (χ2n) is 4.05. The molecule has 15 heavy (non-hydrogen) atoms. The van der Waals surface area contributed by atoms with E-state index < -0.39 is 5.97 Å². The Kier molecular flexibility index (Phi) is 2.62. The van der Waals surface area contributed by atoms with Gasteiger partial charge in [-0.3, -0.25) is 4.79 Å². The van der Waals surface area contributed by atoms with E-state index in [1.54, 1.807) is 0 Å². The van der Waals surface area contributed by atoms with Gasteiger partial charge in [0.1, 0.15) is 6.54 Å². The van der Waals surface area contributed by atoms with Crippen LogP contribution in [0.4, 0.5) is 5.69 Å². The minimum absolute atomic E-state index is 0.107. The normalized spacial score (nSPS) is 14.9. The largest absolute Gasteiger partial charge is 0.480 e. The van der Waals surface area contributed by atoms with Gasteiger partial charge < -0.3 is 10.0 Å². The molecule has 0 saturated carbocycles. The second-order valence-corrected chi connectivity index (χ2v) is 4.05. The van der Waals surface area contributed by atoms with Crippen LogP contribution in [-0.4, -0.2) is 24.2 Å². The van der Waals surface area contributed by atoms with Gasteiger partial charge in [0.2, 0.25) is 0 Å². The Hall–Kier alpha value is -1.51. The summed E-state index contributed by atoms with van der Waals surface area (Å²) in [6.07, 6.45) is 2.11. The van der Waals surface area contributed by atoms with Gasteiger partial charge in [-0.1, -0.05) is 17.7 Å². The molecule has 0 atom stereocenters. The zero-order valence-electron chi connectivity index (χ0n) is 8.86. The number of aryl methyl sites for hydroxylation is 2. The van der Waals surface area contributed by atoms with Gasteiger partial charge in [-0.25, -0.2) is 0 Å². The third kappa shape index (κ3) is 2.12. The summed E-state index contributed by atoms with van der Waals surface area (Å²) in [5.74, 6) is -0.761. The summed E-state index contributed by atoms with van der Waals surface area (Å²) >= 11 is 0. The first-order valence-corrected chi connectivity index (χ1v) is 5.23. The van der Waals surface area contributed by atoms with Gasteiger partial charge in [0, 0.05) is 12.2 Å². The van der Waals surface area contributed by atoms with E-state index in [4.69, 9.17) is 5.11 Å². The SMILES string of the molecule is Cc1ccc2c(c1)CCCN2CC(=O)O. The van der Waals surface area contributed by atoms with Crippen LogP contribution in [0.5, 0.6) is 0 Å². The Bertz CT molecular complexity index is 387. The highest BCUT2D eigenvalue weighted by Gasteiger charge is 2.18. The number of benzene rings is 1. The summed E-state index contributed by atoms with van der Waals surface area (Å²) in [7, 11) is 0. The molecule has 1 aromatic carbocycles.